The van der Waals surface area contributed by atoms with Gasteiger partial charge in [0, 0.05) is 52.6 Å². The van der Waals surface area contributed by atoms with Gasteiger partial charge in [-0.25, -0.2) is 0 Å². The molecule has 2 heterocycles. The van der Waals surface area contributed by atoms with E-state index in [2.05, 4.69) is 147 Å². The number of aromatic nitrogens is 1. The summed E-state index contributed by atoms with van der Waals surface area (Å²) in [5, 5.41) is 2.57. The van der Waals surface area contributed by atoms with E-state index in [0.717, 1.165) is 17.0 Å². The Morgan fingerprint density at radius 3 is 2.16 bits per heavy atom. The van der Waals surface area contributed by atoms with Crippen LogP contribution in [0.5, 0.6) is 0 Å². The minimum absolute atomic E-state index is 0.0651. The summed E-state index contributed by atoms with van der Waals surface area (Å²) in [7, 11) is 0. The smallest absolute Gasteiger partial charge is 0.212 e. The Labute approximate surface area is 224 Å². The predicted molar refractivity (Wildman–Crippen MR) is 163 cm³/mol. The molecular formula is C36H31N2+. The second kappa shape index (κ2) is 8.03. The molecule has 0 bridgehead atoms. The molecule has 0 radical (unpaired) electrons. The highest BCUT2D eigenvalue weighted by molar-refractivity contribution is 6.13. The van der Waals surface area contributed by atoms with Gasteiger partial charge in [-0.1, -0.05) is 62.9 Å². The molecule has 1 aliphatic heterocycles. The fourth-order valence-electron chi connectivity index (χ4n) is 6.46. The molecule has 184 valence electrons. The van der Waals surface area contributed by atoms with Gasteiger partial charge < -0.3 is 4.57 Å². The summed E-state index contributed by atoms with van der Waals surface area (Å²) in [5.41, 5.74) is 13.5. The van der Waals surface area contributed by atoms with E-state index in [0.29, 0.717) is 0 Å². The molecule has 0 saturated heterocycles. The van der Waals surface area contributed by atoms with Crippen molar-refractivity contribution in [2.75, 3.05) is 0 Å². The number of rotatable bonds is 2. The van der Waals surface area contributed by atoms with Crippen LogP contribution in [0.25, 0.3) is 27.5 Å². The number of nitrogens with zero attached hydrogens (tertiary/aromatic N) is 2. The van der Waals surface area contributed by atoms with E-state index in [9.17, 15) is 0 Å². The first-order chi connectivity index (χ1) is 18.3. The zero-order valence-electron chi connectivity index (χ0n) is 22.4. The maximum absolute atomic E-state index is 4.10. The average molecular weight is 492 g/mol. The average Bonchev–Trinajstić information content (AvgIpc) is 3.23. The third kappa shape index (κ3) is 3.23. The molecule has 5 aromatic rings. The van der Waals surface area contributed by atoms with Crippen molar-refractivity contribution in [2.24, 2.45) is 0 Å². The fourth-order valence-corrected chi connectivity index (χ4v) is 6.46. The van der Waals surface area contributed by atoms with Crippen molar-refractivity contribution in [3.05, 3.63) is 138 Å². The van der Waals surface area contributed by atoms with Gasteiger partial charge in [0.1, 0.15) is 0 Å². The Balaban J connectivity index is 1.56. The van der Waals surface area contributed by atoms with Gasteiger partial charge in [-0.15, -0.1) is 0 Å². The molecule has 38 heavy (non-hydrogen) atoms. The fraction of sp³-hybridized carbons (Fsp3) is 0.139. The molecular weight excluding hydrogens is 460 g/mol. The number of hydrogen-bond donors (Lipinski definition) is 0. The van der Waals surface area contributed by atoms with E-state index in [-0.39, 0.29) is 5.41 Å². The first kappa shape index (κ1) is 22.7. The number of hydrogen-bond acceptors (Lipinski definition) is 0. The molecule has 4 aromatic carbocycles. The molecule has 1 aliphatic carbocycles. The first-order valence-electron chi connectivity index (χ1n) is 13.3. The maximum Gasteiger partial charge on any atom is 0.212 e. The summed E-state index contributed by atoms with van der Waals surface area (Å²) in [6.45, 7) is 13.1. The molecule has 2 aliphatic rings. The van der Waals surface area contributed by atoms with Crippen LogP contribution in [0.3, 0.4) is 0 Å². The van der Waals surface area contributed by atoms with Crippen LogP contribution in [-0.4, -0.2) is 10.3 Å². The van der Waals surface area contributed by atoms with Crippen molar-refractivity contribution >= 4 is 38.9 Å². The molecule has 0 spiro atoms. The van der Waals surface area contributed by atoms with E-state index in [1.165, 1.54) is 55.4 Å². The summed E-state index contributed by atoms with van der Waals surface area (Å²) < 4.78 is 4.84. The van der Waals surface area contributed by atoms with Crippen LogP contribution in [0.4, 0.5) is 11.4 Å². The lowest BCUT2D eigenvalue weighted by atomic mass is 9.75. The number of fused-ring (bicyclic) bond motifs is 5. The highest BCUT2D eigenvalue weighted by Gasteiger charge is 2.35. The van der Waals surface area contributed by atoms with Crippen molar-refractivity contribution in [3.8, 4) is 5.69 Å². The van der Waals surface area contributed by atoms with Crippen LogP contribution in [-0.2, 0) is 5.41 Å². The number of aryl methyl sites for hydroxylation is 2. The molecule has 0 saturated carbocycles. The van der Waals surface area contributed by atoms with Crippen molar-refractivity contribution < 1.29 is 0 Å². The second-order valence-corrected chi connectivity index (χ2v) is 11.2. The number of benzene rings is 4. The minimum Gasteiger partial charge on any atom is -0.309 e. The van der Waals surface area contributed by atoms with Gasteiger partial charge in [-0.2, -0.15) is 4.58 Å². The minimum atomic E-state index is -0.0651. The van der Waals surface area contributed by atoms with Crippen LogP contribution in [0.1, 0.15) is 36.1 Å². The van der Waals surface area contributed by atoms with Crippen LogP contribution in [0.15, 0.2) is 115 Å². The van der Waals surface area contributed by atoms with Gasteiger partial charge in [-0.3, -0.25) is 0 Å². The summed E-state index contributed by atoms with van der Waals surface area (Å²) in [6.07, 6.45) is 8.50. The van der Waals surface area contributed by atoms with Gasteiger partial charge in [-0.05, 0) is 66.0 Å². The van der Waals surface area contributed by atoms with Crippen LogP contribution < -0.4 is 4.58 Å². The highest BCUT2D eigenvalue weighted by atomic mass is 15.0. The summed E-state index contributed by atoms with van der Waals surface area (Å²) in [6, 6.07) is 29.4. The third-order valence-electron chi connectivity index (χ3n) is 8.18. The van der Waals surface area contributed by atoms with E-state index in [1.54, 1.807) is 0 Å². The van der Waals surface area contributed by atoms with Crippen molar-refractivity contribution in [3.63, 3.8) is 0 Å². The van der Waals surface area contributed by atoms with Gasteiger partial charge >= 0.3 is 0 Å². The molecule has 0 unspecified atom stereocenters. The van der Waals surface area contributed by atoms with E-state index in [4.69, 9.17) is 0 Å². The predicted octanol–water partition coefficient (Wildman–Crippen LogP) is 9.00. The lowest BCUT2D eigenvalue weighted by Crippen LogP contribution is -2.26. The first-order valence-corrected chi connectivity index (χ1v) is 13.3. The lowest BCUT2D eigenvalue weighted by molar-refractivity contribution is 0.630. The standard InChI is InChI=1S/C36H31N2/c1-23-13-15-26(16-14-23)37(28-20-24(2)19-25(3)21-28)27-17-18-33-30(22-27)29-9-8-11-32-35(29)38(33)34-12-7-6-10-31(34)36(32,4)5/h6-22H,1H2,2-5H3/q+1. The normalized spacial score (nSPS) is 15.4. The lowest BCUT2D eigenvalue weighted by Gasteiger charge is -2.34. The van der Waals surface area contributed by atoms with Gasteiger partial charge in [0.15, 0.2) is 0 Å². The van der Waals surface area contributed by atoms with E-state index in [1.807, 2.05) is 0 Å². The Kier molecular flexibility index (Phi) is 4.81. The summed E-state index contributed by atoms with van der Waals surface area (Å²) >= 11 is 0. The molecule has 2 heteroatoms. The quantitative estimate of drug-likeness (QED) is 0.218. The van der Waals surface area contributed by atoms with E-state index < -0.39 is 0 Å². The molecule has 0 amide bonds. The SMILES string of the molecule is C=C1C=CC(=[N+](c2cc(C)cc(C)c2)c2ccc3c(c2)c2cccc4c2n3-c2ccccc2C4(C)C)C=C1. The van der Waals surface area contributed by atoms with Gasteiger partial charge in [0.05, 0.1) is 16.7 Å². The van der Waals surface area contributed by atoms with Crippen molar-refractivity contribution in [1.82, 2.24) is 9.14 Å². The Morgan fingerprint density at radius 2 is 1.39 bits per heavy atom. The molecule has 0 fully saturated rings. The second-order valence-electron chi connectivity index (χ2n) is 11.2. The monoisotopic (exact) mass is 491 g/mol. The zero-order valence-corrected chi connectivity index (χ0v) is 22.4. The molecule has 7 rings (SSSR count). The van der Waals surface area contributed by atoms with Crippen LogP contribution in [0, 0.1) is 13.8 Å². The largest absolute Gasteiger partial charge is 0.309 e. The molecule has 1 aromatic heterocycles. The van der Waals surface area contributed by atoms with Gasteiger partial charge in [0.2, 0.25) is 17.1 Å². The Bertz CT molecular complexity index is 1880. The molecule has 2 nitrogen and oxygen atoms in total. The van der Waals surface area contributed by atoms with Crippen LogP contribution >= 0.6 is 0 Å². The number of allylic oxidation sites excluding steroid dienone is 5. The van der Waals surface area contributed by atoms with Gasteiger partial charge in [0.25, 0.3) is 0 Å². The summed E-state index contributed by atoms with van der Waals surface area (Å²) in [4.78, 5) is 0. The Morgan fingerprint density at radius 1 is 0.684 bits per heavy atom. The zero-order chi connectivity index (χ0) is 26.2. The molecule has 0 N–H and O–H groups in total. The van der Waals surface area contributed by atoms with Crippen LogP contribution in [0.2, 0.25) is 0 Å². The highest BCUT2D eigenvalue weighted by Crippen LogP contribution is 2.47. The topological polar surface area (TPSA) is 7.94 Å². The number of para-hydroxylation sites is 2. The third-order valence-corrected chi connectivity index (χ3v) is 8.18. The van der Waals surface area contributed by atoms with Crippen molar-refractivity contribution in [1.29, 1.82) is 0 Å². The summed E-state index contributed by atoms with van der Waals surface area (Å²) in [5.74, 6) is 0. The van der Waals surface area contributed by atoms with E-state index >= 15 is 0 Å². The maximum atomic E-state index is 4.10. The van der Waals surface area contributed by atoms with Crippen molar-refractivity contribution in [2.45, 2.75) is 33.1 Å². The Hall–Kier alpha value is -4.43. The molecule has 0 atom stereocenters.